The maximum atomic E-state index is 13.1. The quantitative estimate of drug-likeness (QED) is 0.883. The Bertz CT molecular complexity index is 426. The molecule has 0 aliphatic heterocycles. The van der Waals surface area contributed by atoms with Crippen LogP contribution in [0.3, 0.4) is 0 Å². The maximum absolute atomic E-state index is 13.1. The van der Waals surface area contributed by atoms with Gasteiger partial charge in [-0.15, -0.1) is 0 Å². The van der Waals surface area contributed by atoms with Crippen molar-refractivity contribution >= 4 is 0 Å². The van der Waals surface area contributed by atoms with Gasteiger partial charge in [-0.2, -0.15) is 0 Å². The van der Waals surface area contributed by atoms with Crippen molar-refractivity contribution in [3.8, 4) is 0 Å². The van der Waals surface area contributed by atoms with E-state index >= 15 is 0 Å². The molecule has 0 saturated heterocycles. The molecule has 1 aliphatic rings. The lowest BCUT2D eigenvalue weighted by Crippen LogP contribution is -2.49. The average Bonchev–Trinajstić information content (AvgIpc) is 2.84. The minimum Gasteiger partial charge on any atom is -0.311 e. The van der Waals surface area contributed by atoms with E-state index < -0.39 is 11.6 Å². The van der Waals surface area contributed by atoms with Gasteiger partial charge >= 0.3 is 0 Å². The fraction of sp³-hybridized carbons (Fsp3) is 0.600. The van der Waals surface area contributed by atoms with Gasteiger partial charge in [-0.1, -0.05) is 18.9 Å². The Morgan fingerprint density at radius 3 is 2.42 bits per heavy atom. The van der Waals surface area contributed by atoms with Crippen LogP contribution in [-0.2, 0) is 6.54 Å². The average molecular weight is 268 g/mol. The largest absolute Gasteiger partial charge is 0.311 e. The summed E-state index contributed by atoms with van der Waals surface area (Å²) in [5.74, 6) is -1.56. The monoisotopic (exact) mass is 268 g/mol. The Kier molecular flexibility index (Phi) is 4.53. The molecule has 2 rings (SSSR count). The van der Waals surface area contributed by atoms with Crippen molar-refractivity contribution in [1.82, 2.24) is 10.2 Å². The van der Waals surface area contributed by atoms with Gasteiger partial charge in [0, 0.05) is 18.6 Å². The van der Waals surface area contributed by atoms with Crippen LogP contribution in [0.25, 0.3) is 0 Å². The first kappa shape index (κ1) is 14.4. The molecular formula is C15H22F2N2. The second kappa shape index (κ2) is 5.97. The third-order valence-corrected chi connectivity index (χ3v) is 4.25. The molecule has 1 aromatic carbocycles. The number of rotatable bonds is 5. The molecule has 19 heavy (non-hydrogen) atoms. The van der Waals surface area contributed by atoms with Gasteiger partial charge in [-0.25, -0.2) is 8.78 Å². The molecule has 1 fully saturated rings. The van der Waals surface area contributed by atoms with Gasteiger partial charge in [-0.3, -0.25) is 0 Å². The molecule has 2 nitrogen and oxygen atoms in total. The fourth-order valence-corrected chi connectivity index (χ4v) is 2.90. The highest BCUT2D eigenvalue weighted by Gasteiger charge is 2.35. The first-order valence-electron chi connectivity index (χ1n) is 6.86. The van der Waals surface area contributed by atoms with E-state index in [1.165, 1.54) is 37.8 Å². The first-order chi connectivity index (χ1) is 9.03. The molecule has 0 aromatic heterocycles. The number of benzene rings is 1. The summed E-state index contributed by atoms with van der Waals surface area (Å²) in [6, 6.07) is 4.07. The van der Waals surface area contributed by atoms with Crippen LogP contribution >= 0.6 is 0 Å². The molecule has 1 aliphatic carbocycles. The summed E-state index contributed by atoms with van der Waals surface area (Å²) >= 11 is 0. The lowest BCUT2D eigenvalue weighted by molar-refractivity contribution is 0.153. The van der Waals surface area contributed by atoms with Gasteiger partial charge in [0.05, 0.1) is 0 Å². The summed E-state index contributed by atoms with van der Waals surface area (Å²) in [6.45, 7) is 1.46. The Labute approximate surface area is 113 Å². The molecule has 1 saturated carbocycles. The van der Waals surface area contributed by atoms with Gasteiger partial charge in [0.1, 0.15) is 0 Å². The van der Waals surface area contributed by atoms with Crippen molar-refractivity contribution in [3.05, 3.63) is 35.4 Å². The third kappa shape index (κ3) is 3.31. The van der Waals surface area contributed by atoms with Crippen LogP contribution in [-0.4, -0.2) is 31.1 Å². The molecular weight excluding hydrogens is 246 g/mol. The van der Waals surface area contributed by atoms with Crippen molar-refractivity contribution in [2.45, 2.75) is 37.8 Å². The minimum absolute atomic E-state index is 0.221. The van der Waals surface area contributed by atoms with Crippen LogP contribution < -0.4 is 5.32 Å². The predicted octanol–water partition coefficient (Wildman–Crippen LogP) is 2.93. The Morgan fingerprint density at radius 1 is 1.16 bits per heavy atom. The summed E-state index contributed by atoms with van der Waals surface area (Å²) in [4.78, 5) is 2.29. The zero-order valence-corrected chi connectivity index (χ0v) is 11.7. The number of nitrogens with one attached hydrogen (secondary N) is 1. The smallest absolute Gasteiger partial charge is 0.159 e. The fourth-order valence-electron chi connectivity index (χ4n) is 2.90. The van der Waals surface area contributed by atoms with Gasteiger partial charge in [0.15, 0.2) is 11.6 Å². The molecule has 4 heteroatoms. The Morgan fingerprint density at radius 2 is 1.84 bits per heavy atom. The Balaban J connectivity index is 1.90. The minimum atomic E-state index is -0.788. The third-order valence-electron chi connectivity index (χ3n) is 4.25. The summed E-state index contributed by atoms with van der Waals surface area (Å²) in [5.41, 5.74) is 1.00. The summed E-state index contributed by atoms with van der Waals surface area (Å²) in [7, 11) is 4.23. The molecule has 0 heterocycles. The van der Waals surface area contributed by atoms with E-state index in [0.717, 1.165) is 12.1 Å². The molecule has 0 bridgehead atoms. The van der Waals surface area contributed by atoms with Crippen LogP contribution in [0.4, 0.5) is 8.78 Å². The normalized spacial score (nSPS) is 18.2. The maximum Gasteiger partial charge on any atom is 0.159 e. The van der Waals surface area contributed by atoms with Gasteiger partial charge in [0.2, 0.25) is 0 Å². The van der Waals surface area contributed by atoms with Gasteiger partial charge in [-0.05, 0) is 44.6 Å². The second-order valence-electron chi connectivity index (χ2n) is 5.68. The van der Waals surface area contributed by atoms with Crippen molar-refractivity contribution in [2.24, 2.45) is 0 Å². The van der Waals surface area contributed by atoms with Gasteiger partial charge < -0.3 is 10.2 Å². The number of hydrogen-bond donors (Lipinski definition) is 1. The topological polar surface area (TPSA) is 15.3 Å². The SMILES string of the molecule is CN(C)C1(CNCc2ccc(F)c(F)c2)CCCC1. The van der Waals surface area contributed by atoms with Crippen LogP contribution in [0.1, 0.15) is 31.2 Å². The number of halogens is 2. The summed E-state index contributed by atoms with van der Waals surface area (Å²) < 4.78 is 25.9. The molecule has 0 spiro atoms. The van der Waals surface area contributed by atoms with Crippen molar-refractivity contribution in [2.75, 3.05) is 20.6 Å². The molecule has 0 atom stereocenters. The zero-order chi connectivity index (χ0) is 13.9. The Hall–Kier alpha value is -1.00. The van der Waals surface area contributed by atoms with E-state index in [0.29, 0.717) is 6.54 Å². The molecule has 0 radical (unpaired) electrons. The predicted molar refractivity (Wildman–Crippen MR) is 73.0 cm³/mol. The van der Waals surface area contributed by atoms with E-state index in [1.54, 1.807) is 6.07 Å². The number of likely N-dealkylation sites (N-methyl/N-ethyl adjacent to an activating group) is 1. The molecule has 1 N–H and O–H groups in total. The van der Waals surface area contributed by atoms with E-state index in [4.69, 9.17) is 0 Å². The highest BCUT2D eigenvalue weighted by atomic mass is 19.2. The molecule has 106 valence electrons. The van der Waals surface area contributed by atoms with Crippen LogP contribution in [0, 0.1) is 11.6 Å². The lowest BCUT2D eigenvalue weighted by Gasteiger charge is -2.36. The van der Waals surface area contributed by atoms with Gasteiger partial charge in [0.25, 0.3) is 0 Å². The summed E-state index contributed by atoms with van der Waals surface area (Å²) in [6.07, 6.45) is 4.94. The highest BCUT2D eigenvalue weighted by Crippen LogP contribution is 2.33. The lowest BCUT2D eigenvalue weighted by atomic mass is 9.96. The summed E-state index contributed by atoms with van der Waals surface area (Å²) in [5, 5.41) is 3.38. The molecule has 0 amide bonds. The van der Waals surface area contributed by atoms with Crippen molar-refractivity contribution < 1.29 is 8.78 Å². The number of nitrogens with zero attached hydrogens (tertiary/aromatic N) is 1. The van der Waals surface area contributed by atoms with Crippen LogP contribution in [0.2, 0.25) is 0 Å². The second-order valence-corrected chi connectivity index (χ2v) is 5.68. The van der Waals surface area contributed by atoms with E-state index in [2.05, 4.69) is 24.3 Å². The standard InChI is InChI=1S/C15H22F2N2/c1-19(2)15(7-3-4-8-15)11-18-10-12-5-6-13(16)14(17)9-12/h5-6,9,18H,3-4,7-8,10-11H2,1-2H3. The zero-order valence-electron chi connectivity index (χ0n) is 11.7. The van der Waals surface area contributed by atoms with Crippen LogP contribution in [0.15, 0.2) is 18.2 Å². The van der Waals surface area contributed by atoms with E-state index in [-0.39, 0.29) is 5.54 Å². The highest BCUT2D eigenvalue weighted by molar-refractivity contribution is 5.17. The molecule has 1 aromatic rings. The van der Waals surface area contributed by atoms with E-state index in [9.17, 15) is 8.78 Å². The van der Waals surface area contributed by atoms with E-state index in [1.807, 2.05) is 0 Å². The molecule has 0 unspecified atom stereocenters. The van der Waals surface area contributed by atoms with Crippen molar-refractivity contribution in [3.63, 3.8) is 0 Å². The van der Waals surface area contributed by atoms with Crippen molar-refractivity contribution in [1.29, 1.82) is 0 Å². The first-order valence-corrected chi connectivity index (χ1v) is 6.86. The number of hydrogen-bond acceptors (Lipinski definition) is 2. The van der Waals surface area contributed by atoms with Crippen LogP contribution in [0.5, 0.6) is 0 Å².